The van der Waals surface area contributed by atoms with Gasteiger partial charge in [-0.05, 0) is 24.7 Å². The van der Waals surface area contributed by atoms with Crippen molar-refractivity contribution in [2.75, 3.05) is 6.54 Å². The number of pyridine rings is 1. The van der Waals surface area contributed by atoms with E-state index in [1.54, 1.807) is 10.5 Å². The molecule has 3 aromatic rings. The summed E-state index contributed by atoms with van der Waals surface area (Å²) < 4.78 is 2.73. The quantitative estimate of drug-likeness (QED) is 0.571. The first-order chi connectivity index (χ1) is 10.6. The van der Waals surface area contributed by atoms with E-state index in [-0.39, 0.29) is 5.69 Å². The fourth-order valence-electron chi connectivity index (χ4n) is 2.41. The van der Waals surface area contributed by atoms with Gasteiger partial charge in [-0.2, -0.15) is 0 Å². The lowest BCUT2D eigenvalue weighted by molar-refractivity contribution is -0.385. The maximum absolute atomic E-state index is 11.0. The first kappa shape index (κ1) is 14.7. The molecule has 0 aliphatic carbocycles. The van der Waals surface area contributed by atoms with Crippen molar-refractivity contribution in [3.05, 3.63) is 62.9 Å². The van der Waals surface area contributed by atoms with Gasteiger partial charge in [0.15, 0.2) is 0 Å². The summed E-state index contributed by atoms with van der Waals surface area (Å²) >= 11 is 3.41. The number of fused-ring (bicyclic) bond motifs is 1. The Morgan fingerprint density at radius 3 is 2.59 bits per heavy atom. The maximum atomic E-state index is 11.0. The van der Waals surface area contributed by atoms with Gasteiger partial charge in [-0.25, -0.2) is 4.98 Å². The van der Waals surface area contributed by atoms with Gasteiger partial charge in [-0.1, -0.05) is 28.1 Å². The predicted octanol–water partition coefficient (Wildman–Crippen LogP) is 3.17. The zero-order valence-electron chi connectivity index (χ0n) is 11.6. The van der Waals surface area contributed by atoms with Crippen molar-refractivity contribution >= 4 is 27.3 Å². The number of halogens is 1. The molecule has 6 nitrogen and oxygen atoms in total. The van der Waals surface area contributed by atoms with E-state index in [1.807, 2.05) is 24.3 Å². The van der Waals surface area contributed by atoms with Crippen LogP contribution in [0.2, 0.25) is 0 Å². The summed E-state index contributed by atoms with van der Waals surface area (Å²) in [5.74, 6) is 0. The molecule has 0 atom stereocenters. The molecule has 0 unspecified atom stereocenters. The third kappa shape index (κ3) is 2.60. The molecule has 0 radical (unpaired) electrons. The summed E-state index contributed by atoms with van der Waals surface area (Å²) in [5, 5.41) is 11.0. The van der Waals surface area contributed by atoms with Crippen LogP contribution >= 0.6 is 15.9 Å². The highest BCUT2D eigenvalue weighted by Crippen LogP contribution is 2.28. The van der Waals surface area contributed by atoms with E-state index in [4.69, 9.17) is 5.73 Å². The Bertz CT molecular complexity index is 843. The van der Waals surface area contributed by atoms with Crippen LogP contribution in [0.15, 0.2) is 47.1 Å². The standard InChI is InChI=1S/C15H13BrN4O2/c16-11-3-1-10(2-4-11)15-13(7-8-17)18-14-6-5-12(20(21)22)9-19(14)15/h1-6,9H,7-8,17H2. The fourth-order valence-corrected chi connectivity index (χ4v) is 2.68. The van der Waals surface area contributed by atoms with Crippen molar-refractivity contribution in [2.45, 2.75) is 6.42 Å². The highest BCUT2D eigenvalue weighted by Gasteiger charge is 2.16. The smallest absolute Gasteiger partial charge is 0.286 e. The van der Waals surface area contributed by atoms with Crippen LogP contribution in [0, 0.1) is 10.1 Å². The SMILES string of the molecule is NCCc1nc2ccc([N+](=O)[O-])cn2c1-c1ccc(Br)cc1. The molecule has 22 heavy (non-hydrogen) atoms. The van der Waals surface area contributed by atoms with Gasteiger partial charge in [-0.15, -0.1) is 0 Å². The number of nitrogens with two attached hydrogens (primary N) is 1. The normalized spacial score (nSPS) is 11.0. The lowest BCUT2D eigenvalue weighted by atomic mass is 10.1. The molecule has 0 aliphatic heterocycles. The summed E-state index contributed by atoms with van der Waals surface area (Å²) in [6, 6.07) is 10.9. The van der Waals surface area contributed by atoms with Crippen LogP contribution in [0.25, 0.3) is 16.9 Å². The van der Waals surface area contributed by atoms with Crippen LogP contribution in [0.1, 0.15) is 5.69 Å². The van der Waals surface area contributed by atoms with E-state index < -0.39 is 4.92 Å². The Morgan fingerprint density at radius 1 is 1.23 bits per heavy atom. The second kappa shape index (κ2) is 5.86. The summed E-state index contributed by atoms with van der Waals surface area (Å²) in [5.41, 5.74) is 9.00. The van der Waals surface area contributed by atoms with Crippen molar-refractivity contribution in [2.24, 2.45) is 5.73 Å². The van der Waals surface area contributed by atoms with E-state index in [9.17, 15) is 10.1 Å². The second-order valence-electron chi connectivity index (χ2n) is 4.83. The van der Waals surface area contributed by atoms with Gasteiger partial charge < -0.3 is 5.73 Å². The highest BCUT2D eigenvalue weighted by atomic mass is 79.9. The van der Waals surface area contributed by atoms with Crippen molar-refractivity contribution in [1.82, 2.24) is 9.38 Å². The average Bonchev–Trinajstić information content (AvgIpc) is 2.85. The molecule has 0 aliphatic rings. The van der Waals surface area contributed by atoms with E-state index in [0.29, 0.717) is 18.6 Å². The Balaban J connectivity index is 2.27. The topological polar surface area (TPSA) is 86.5 Å². The van der Waals surface area contributed by atoms with Gasteiger partial charge in [0.25, 0.3) is 5.69 Å². The van der Waals surface area contributed by atoms with E-state index in [1.165, 1.54) is 12.3 Å². The van der Waals surface area contributed by atoms with Crippen molar-refractivity contribution < 1.29 is 4.92 Å². The Labute approximate surface area is 134 Å². The zero-order chi connectivity index (χ0) is 15.7. The zero-order valence-corrected chi connectivity index (χ0v) is 13.2. The Morgan fingerprint density at radius 2 is 1.95 bits per heavy atom. The lowest BCUT2D eigenvalue weighted by Crippen LogP contribution is -2.04. The molecule has 0 saturated carbocycles. The number of nitro groups is 1. The number of rotatable bonds is 4. The monoisotopic (exact) mass is 360 g/mol. The number of hydrogen-bond acceptors (Lipinski definition) is 4. The number of imidazole rings is 1. The molecule has 7 heteroatoms. The summed E-state index contributed by atoms with van der Waals surface area (Å²) in [6.45, 7) is 0.468. The van der Waals surface area contributed by atoms with Gasteiger partial charge in [0.05, 0.1) is 22.5 Å². The Kier molecular flexibility index (Phi) is 3.91. The summed E-state index contributed by atoms with van der Waals surface area (Å²) in [7, 11) is 0. The molecule has 0 spiro atoms. The van der Waals surface area contributed by atoms with Crippen LogP contribution in [0.3, 0.4) is 0 Å². The highest BCUT2D eigenvalue weighted by molar-refractivity contribution is 9.10. The minimum Gasteiger partial charge on any atom is -0.330 e. The molecule has 2 heterocycles. The third-order valence-corrected chi connectivity index (χ3v) is 3.91. The van der Waals surface area contributed by atoms with Crippen LogP contribution in [0.4, 0.5) is 5.69 Å². The molecule has 1 aromatic carbocycles. The largest absolute Gasteiger partial charge is 0.330 e. The van der Waals surface area contributed by atoms with Crippen molar-refractivity contribution in [3.8, 4) is 11.3 Å². The molecule has 2 aromatic heterocycles. The van der Waals surface area contributed by atoms with Gasteiger partial charge in [0, 0.05) is 22.5 Å². The number of benzene rings is 1. The fraction of sp³-hybridized carbons (Fsp3) is 0.133. The average molecular weight is 361 g/mol. The van der Waals surface area contributed by atoms with E-state index >= 15 is 0 Å². The number of aromatic nitrogens is 2. The molecular weight excluding hydrogens is 348 g/mol. The van der Waals surface area contributed by atoms with Crippen molar-refractivity contribution in [3.63, 3.8) is 0 Å². The minimum atomic E-state index is -0.409. The molecule has 2 N–H and O–H groups in total. The minimum absolute atomic E-state index is 0.0301. The predicted molar refractivity (Wildman–Crippen MR) is 87.7 cm³/mol. The number of nitrogens with zero attached hydrogens (tertiary/aromatic N) is 3. The summed E-state index contributed by atoms with van der Waals surface area (Å²) in [6.07, 6.45) is 2.11. The van der Waals surface area contributed by atoms with E-state index in [0.717, 1.165) is 21.4 Å². The first-order valence-electron chi connectivity index (χ1n) is 6.71. The Hall–Kier alpha value is -2.25. The molecule has 112 valence electrons. The van der Waals surface area contributed by atoms with Crippen LogP contribution in [-0.2, 0) is 6.42 Å². The van der Waals surface area contributed by atoms with Gasteiger partial charge in [-0.3, -0.25) is 14.5 Å². The lowest BCUT2D eigenvalue weighted by Gasteiger charge is -2.05. The van der Waals surface area contributed by atoms with Crippen LogP contribution < -0.4 is 5.73 Å². The molecule has 0 bridgehead atoms. The van der Waals surface area contributed by atoms with Crippen molar-refractivity contribution in [1.29, 1.82) is 0 Å². The van der Waals surface area contributed by atoms with Gasteiger partial charge in [0.2, 0.25) is 0 Å². The maximum Gasteiger partial charge on any atom is 0.286 e. The molecule has 0 fully saturated rings. The molecular formula is C15H13BrN4O2. The number of hydrogen-bond donors (Lipinski definition) is 1. The molecule has 3 rings (SSSR count). The second-order valence-corrected chi connectivity index (χ2v) is 5.74. The molecule has 0 saturated heterocycles. The van der Waals surface area contributed by atoms with Gasteiger partial charge in [0.1, 0.15) is 5.65 Å². The summed E-state index contributed by atoms with van der Waals surface area (Å²) in [4.78, 5) is 15.2. The third-order valence-electron chi connectivity index (χ3n) is 3.38. The first-order valence-corrected chi connectivity index (χ1v) is 7.51. The van der Waals surface area contributed by atoms with E-state index in [2.05, 4.69) is 20.9 Å². The van der Waals surface area contributed by atoms with Crippen LogP contribution in [-0.4, -0.2) is 20.9 Å². The van der Waals surface area contributed by atoms with Gasteiger partial charge >= 0.3 is 0 Å². The van der Waals surface area contributed by atoms with Crippen LogP contribution in [0.5, 0.6) is 0 Å². The molecule has 0 amide bonds.